The average Bonchev–Trinajstić information content (AvgIpc) is 2.39. The number of hydrogen-bond donors (Lipinski definition) is 2. The maximum absolute atomic E-state index is 11.6. The van der Waals surface area contributed by atoms with Crippen LogP contribution in [0.4, 0.5) is 11.5 Å². The zero-order valence-electron chi connectivity index (χ0n) is 9.71. The predicted octanol–water partition coefficient (Wildman–Crippen LogP) is 2.32. The molecule has 0 fully saturated rings. The van der Waals surface area contributed by atoms with E-state index in [1.54, 1.807) is 36.5 Å². The molecule has 0 unspecified atom stereocenters. The zero-order valence-corrected chi connectivity index (χ0v) is 9.71. The number of nitrogen functional groups attached to an aromatic ring is 1. The number of rotatable bonds is 3. The lowest BCUT2D eigenvalue weighted by atomic mass is 10.2. The van der Waals surface area contributed by atoms with Crippen molar-refractivity contribution >= 4 is 23.5 Å². The van der Waals surface area contributed by atoms with Crippen LogP contribution < -0.4 is 11.1 Å². The number of nitrogens with one attached hydrogen (secondary N) is 1. The molecule has 0 radical (unpaired) electrons. The minimum absolute atomic E-state index is 0.217. The second-order valence-corrected chi connectivity index (χ2v) is 3.70. The minimum atomic E-state index is -0.217. The quantitative estimate of drug-likeness (QED) is 0.638. The van der Waals surface area contributed by atoms with Gasteiger partial charge >= 0.3 is 0 Å². The molecule has 90 valence electrons. The van der Waals surface area contributed by atoms with E-state index in [2.05, 4.69) is 10.3 Å². The number of pyridine rings is 1. The van der Waals surface area contributed by atoms with Crippen molar-refractivity contribution in [2.75, 3.05) is 11.1 Å². The highest BCUT2D eigenvalue weighted by molar-refractivity contribution is 6.01. The first-order valence-corrected chi connectivity index (χ1v) is 5.50. The third-order valence-corrected chi connectivity index (χ3v) is 2.28. The topological polar surface area (TPSA) is 68.0 Å². The van der Waals surface area contributed by atoms with E-state index in [1.165, 1.54) is 6.08 Å². The van der Waals surface area contributed by atoms with Gasteiger partial charge in [0.1, 0.15) is 5.82 Å². The van der Waals surface area contributed by atoms with Gasteiger partial charge in [-0.1, -0.05) is 18.2 Å². The van der Waals surface area contributed by atoms with Crippen LogP contribution in [0.25, 0.3) is 6.08 Å². The Kier molecular flexibility index (Phi) is 3.71. The number of nitrogens with zero attached hydrogens (tertiary/aromatic N) is 1. The molecule has 2 aromatic rings. The lowest BCUT2D eigenvalue weighted by molar-refractivity contribution is -0.111. The molecule has 0 spiro atoms. The fourth-order valence-electron chi connectivity index (χ4n) is 1.38. The number of carbonyl (C=O) groups excluding carboxylic acids is 1. The Morgan fingerprint density at radius 3 is 2.61 bits per heavy atom. The summed E-state index contributed by atoms with van der Waals surface area (Å²) in [6.07, 6.45) is 4.80. The molecular formula is C14H13N3O. The Bertz CT molecular complexity index is 547. The number of hydrogen-bond acceptors (Lipinski definition) is 3. The minimum Gasteiger partial charge on any atom is -0.399 e. The van der Waals surface area contributed by atoms with Crippen LogP contribution >= 0.6 is 0 Å². The summed E-state index contributed by atoms with van der Waals surface area (Å²) in [6.45, 7) is 0. The molecule has 2 rings (SSSR count). The van der Waals surface area contributed by atoms with E-state index in [4.69, 9.17) is 5.73 Å². The standard InChI is InChI=1S/C14H13N3O/c15-12-7-4-11(5-8-12)6-9-14(18)17-13-3-1-2-10-16-13/h1-10H,15H2,(H,16,17,18)/b9-6+. The summed E-state index contributed by atoms with van der Waals surface area (Å²) >= 11 is 0. The van der Waals surface area contributed by atoms with Crippen molar-refractivity contribution in [1.82, 2.24) is 4.98 Å². The van der Waals surface area contributed by atoms with Gasteiger partial charge in [0.25, 0.3) is 0 Å². The van der Waals surface area contributed by atoms with Gasteiger partial charge in [0, 0.05) is 18.0 Å². The second kappa shape index (κ2) is 5.63. The van der Waals surface area contributed by atoms with E-state index in [1.807, 2.05) is 18.2 Å². The maximum Gasteiger partial charge on any atom is 0.249 e. The first kappa shape index (κ1) is 11.9. The van der Waals surface area contributed by atoms with Crippen molar-refractivity contribution in [1.29, 1.82) is 0 Å². The monoisotopic (exact) mass is 239 g/mol. The van der Waals surface area contributed by atoms with E-state index < -0.39 is 0 Å². The third-order valence-electron chi connectivity index (χ3n) is 2.28. The molecule has 0 saturated carbocycles. The molecule has 0 aliphatic carbocycles. The van der Waals surface area contributed by atoms with Gasteiger partial charge < -0.3 is 11.1 Å². The summed E-state index contributed by atoms with van der Waals surface area (Å²) in [5.41, 5.74) is 7.19. The summed E-state index contributed by atoms with van der Waals surface area (Å²) in [5.74, 6) is 0.315. The molecule has 0 aliphatic rings. The van der Waals surface area contributed by atoms with Gasteiger partial charge in [-0.2, -0.15) is 0 Å². The number of aromatic nitrogens is 1. The molecule has 0 atom stereocenters. The van der Waals surface area contributed by atoms with Gasteiger partial charge in [-0.05, 0) is 35.9 Å². The van der Waals surface area contributed by atoms with Gasteiger partial charge in [-0.25, -0.2) is 4.98 Å². The van der Waals surface area contributed by atoms with Crippen molar-refractivity contribution < 1.29 is 4.79 Å². The van der Waals surface area contributed by atoms with Crippen LogP contribution in [0.2, 0.25) is 0 Å². The van der Waals surface area contributed by atoms with Crippen LogP contribution in [-0.2, 0) is 4.79 Å². The Morgan fingerprint density at radius 1 is 1.17 bits per heavy atom. The van der Waals surface area contributed by atoms with Crippen LogP contribution in [0, 0.1) is 0 Å². The Hall–Kier alpha value is -2.62. The summed E-state index contributed by atoms with van der Waals surface area (Å²) in [4.78, 5) is 15.6. The molecule has 0 aliphatic heterocycles. The first-order chi connectivity index (χ1) is 8.74. The molecule has 3 N–H and O–H groups in total. The number of anilines is 2. The number of amides is 1. The molecule has 18 heavy (non-hydrogen) atoms. The van der Waals surface area contributed by atoms with Crippen LogP contribution in [0.1, 0.15) is 5.56 Å². The third kappa shape index (κ3) is 3.45. The van der Waals surface area contributed by atoms with Crippen molar-refractivity contribution in [2.45, 2.75) is 0 Å². The van der Waals surface area contributed by atoms with E-state index in [0.717, 1.165) is 5.56 Å². The largest absolute Gasteiger partial charge is 0.399 e. The summed E-state index contributed by atoms with van der Waals surface area (Å²) < 4.78 is 0. The summed E-state index contributed by atoms with van der Waals surface area (Å²) in [5, 5.41) is 2.66. The normalized spacial score (nSPS) is 10.4. The molecule has 1 amide bonds. The zero-order chi connectivity index (χ0) is 12.8. The van der Waals surface area contributed by atoms with Crippen molar-refractivity contribution in [2.24, 2.45) is 0 Å². The van der Waals surface area contributed by atoms with Gasteiger partial charge in [0.2, 0.25) is 5.91 Å². The van der Waals surface area contributed by atoms with Gasteiger partial charge in [-0.3, -0.25) is 4.79 Å². The van der Waals surface area contributed by atoms with Crippen LogP contribution in [-0.4, -0.2) is 10.9 Å². The summed E-state index contributed by atoms with van der Waals surface area (Å²) in [7, 11) is 0. The maximum atomic E-state index is 11.6. The molecule has 4 heteroatoms. The van der Waals surface area contributed by atoms with Crippen LogP contribution in [0.15, 0.2) is 54.7 Å². The lowest BCUT2D eigenvalue weighted by Crippen LogP contribution is -2.08. The number of carbonyl (C=O) groups is 1. The average molecular weight is 239 g/mol. The van der Waals surface area contributed by atoms with Gasteiger partial charge in [0.15, 0.2) is 0 Å². The molecule has 4 nitrogen and oxygen atoms in total. The molecule has 1 aromatic heterocycles. The van der Waals surface area contributed by atoms with E-state index in [9.17, 15) is 4.79 Å². The summed E-state index contributed by atoms with van der Waals surface area (Å²) in [6, 6.07) is 12.6. The fourth-order valence-corrected chi connectivity index (χ4v) is 1.38. The molecular weight excluding hydrogens is 226 g/mol. The Balaban J connectivity index is 1.97. The first-order valence-electron chi connectivity index (χ1n) is 5.50. The van der Waals surface area contributed by atoms with Crippen molar-refractivity contribution in [3.05, 3.63) is 60.3 Å². The van der Waals surface area contributed by atoms with E-state index in [-0.39, 0.29) is 5.91 Å². The van der Waals surface area contributed by atoms with E-state index in [0.29, 0.717) is 11.5 Å². The van der Waals surface area contributed by atoms with Crippen LogP contribution in [0.3, 0.4) is 0 Å². The van der Waals surface area contributed by atoms with Gasteiger partial charge in [-0.15, -0.1) is 0 Å². The smallest absolute Gasteiger partial charge is 0.249 e. The number of nitrogens with two attached hydrogens (primary N) is 1. The highest BCUT2D eigenvalue weighted by Gasteiger charge is 1.97. The Morgan fingerprint density at radius 2 is 1.94 bits per heavy atom. The molecule has 1 heterocycles. The van der Waals surface area contributed by atoms with Crippen LogP contribution in [0.5, 0.6) is 0 Å². The van der Waals surface area contributed by atoms with E-state index >= 15 is 0 Å². The molecule has 1 aromatic carbocycles. The molecule has 0 saturated heterocycles. The van der Waals surface area contributed by atoms with Crippen molar-refractivity contribution in [3.8, 4) is 0 Å². The lowest BCUT2D eigenvalue weighted by Gasteiger charge is -1.99. The van der Waals surface area contributed by atoms with Gasteiger partial charge in [0.05, 0.1) is 0 Å². The highest BCUT2D eigenvalue weighted by Crippen LogP contribution is 2.07. The highest BCUT2D eigenvalue weighted by atomic mass is 16.1. The number of benzene rings is 1. The SMILES string of the molecule is Nc1ccc(/C=C/C(=O)Nc2ccccn2)cc1. The fraction of sp³-hybridized carbons (Fsp3) is 0. The molecule has 0 bridgehead atoms. The predicted molar refractivity (Wildman–Crippen MR) is 72.8 cm³/mol. The Labute approximate surface area is 105 Å². The van der Waals surface area contributed by atoms with Crippen molar-refractivity contribution in [3.63, 3.8) is 0 Å². The second-order valence-electron chi connectivity index (χ2n) is 3.70.